The van der Waals surface area contributed by atoms with Gasteiger partial charge in [-0.1, -0.05) is 15.9 Å². The number of rotatable bonds is 1. The summed E-state index contributed by atoms with van der Waals surface area (Å²) in [6, 6.07) is 2.61. The molecule has 0 saturated carbocycles. The lowest BCUT2D eigenvalue weighted by molar-refractivity contribution is -0.136. The Balaban J connectivity index is 2.76. The van der Waals surface area contributed by atoms with E-state index in [0.29, 0.717) is 15.0 Å². The van der Waals surface area contributed by atoms with E-state index >= 15 is 0 Å². The van der Waals surface area contributed by atoms with E-state index in [1.54, 1.807) is 6.07 Å². The van der Waals surface area contributed by atoms with Gasteiger partial charge in [0.1, 0.15) is 5.01 Å². The molecule has 7 heteroatoms. The minimum Gasteiger partial charge on any atom is -0.325 e. The van der Waals surface area contributed by atoms with Gasteiger partial charge in [0.05, 0.1) is 15.8 Å². The van der Waals surface area contributed by atoms with Crippen LogP contribution in [0.15, 0.2) is 16.6 Å². The summed E-state index contributed by atoms with van der Waals surface area (Å²) in [6.07, 6.45) is -4.37. The van der Waals surface area contributed by atoms with Crippen molar-refractivity contribution < 1.29 is 13.2 Å². The van der Waals surface area contributed by atoms with Crippen LogP contribution in [0, 0.1) is 0 Å². The predicted molar refractivity (Wildman–Crippen MR) is 60.2 cm³/mol. The number of fused-ring (bicyclic) bond motifs is 1. The van der Waals surface area contributed by atoms with Crippen LogP contribution in [0.4, 0.5) is 13.2 Å². The lowest BCUT2D eigenvalue weighted by atomic mass is 10.2. The first kappa shape index (κ1) is 11.8. The quantitative estimate of drug-likeness (QED) is 0.875. The van der Waals surface area contributed by atoms with E-state index in [2.05, 4.69) is 20.9 Å². The average molecular weight is 311 g/mol. The van der Waals surface area contributed by atoms with Crippen molar-refractivity contribution in [2.75, 3.05) is 0 Å². The molecule has 0 unspecified atom stereocenters. The lowest BCUT2D eigenvalue weighted by Crippen LogP contribution is -2.04. The van der Waals surface area contributed by atoms with E-state index in [1.807, 2.05) is 0 Å². The van der Waals surface area contributed by atoms with Crippen LogP contribution >= 0.6 is 27.3 Å². The highest BCUT2D eigenvalue weighted by atomic mass is 79.9. The molecule has 1 aromatic carbocycles. The van der Waals surface area contributed by atoms with Crippen LogP contribution in [-0.4, -0.2) is 4.98 Å². The molecule has 0 saturated heterocycles. The Morgan fingerprint density at radius 1 is 1.38 bits per heavy atom. The fourth-order valence-corrected chi connectivity index (χ4v) is 2.74. The third kappa shape index (κ3) is 2.07. The maximum Gasteiger partial charge on any atom is 0.417 e. The van der Waals surface area contributed by atoms with Gasteiger partial charge in [-0.15, -0.1) is 11.3 Å². The Kier molecular flexibility index (Phi) is 2.93. The smallest absolute Gasteiger partial charge is 0.325 e. The number of thiazole rings is 1. The molecular formula is C9H6BrF3N2S. The zero-order chi connectivity index (χ0) is 11.9. The first-order chi connectivity index (χ1) is 7.41. The van der Waals surface area contributed by atoms with Crippen molar-refractivity contribution in [1.29, 1.82) is 0 Å². The lowest BCUT2D eigenvalue weighted by Gasteiger charge is -2.07. The molecule has 2 aromatic rings. The number of benzene rings is 1. The molecule has 0 aliphatic rings. The molecule has 2 rings (SSSR count). The number of nitrogens with two attached hydrogens (primary N) is 1. The molecule has 1 aromatic heterocycles. The SMILES string of the molecule is NCc1nc2cc(Br)cc(C(F)(F)F)c2s1. The van der Waals surface area contributed by atoms with Crippen LogP contribution in [0.25, 0.3) is 10.2 Å². The van der Waals surface area contributed by atoms with E-state index < -0.39 is 11.7 Å². The standard InChI is InChI=1S/C9H6BrF3N2S/c10-4-1-5(9(11,12)13)8-6(2-4)15-7(3-14)16-8/h1-2H,3,14H2. The monoisotopic (exact) mass is 310 g/mol. The highest BCUT2D eigenvalue weighted by Gasteiger charge is 2.34. The van der Waals surface area contributed by atoms with Crippen molar-refractivity contribution in [2.24, 2.45) is 5.73 Å². The number of hydrogen-bond donors (Lipinski definition) is 1. The number of alkyl halides is 3. The van der Waals surface area contributed by atoms with Crippen molar-refractivity contribution in [3.8, 4) is 0 Å². The molecule has 0 aliphatic heterocycles. The molecule has 0 fully saturated rings. The van der Waals surface area contributed by atoms with Crippen LogP contribution in [0.2, 0.25) is 0 Å². The molecule has 2 nitrogen and oxygen atoms in total. The number of aromatic nitrogens is 1. The van der Waals surface area contributed by atoms with Crippen molar-refractivity contribution in [3.05, 3.63) is 27.2 Å². The van der Waals surface area contributed by atoms with Gasteiger partial charge in [-0.25, -0.2) is 4.98 Å². The molecule has 0 radical (unpaired) electrons. The van der Waals surface area contributed by atoms with Crippen LogP contribution < -0.4 is 5.73 Å². The number of hydrogen-bond acceptors (Lipinski definition) is 3. The highest BCUT2D eigenvalue weighted by Crippen LogP contribution is 2.39. The van der Waals surface area contributed by atoms with Crippen molar-refractivity contribution in [2.45, 2.75) is 12.7 Å². The van der Waals surface area contributed by atoms with Gasteiger partial charge in [0, 0.05) is 11.0 Å². The molecule has 0 spiro atoms. The Labute approximate surface area is 101 Å². The summed E-state index contributed by atoms with van der Waals surface area (Å²) < 4.78 is 38.7. The van der Waals surface area contributed by atoms with Gasteiger partial charge in [0.25, 0.3) is 0 Å². The van der Waals surface area contributed by atoms with Gasteiger partial charge in [-0.05, 0) is 12.1 Å². The Morgan fingerprint density at radius 3 is 2.62 bits per heavy atom. The molecule has 0 bridgehead atoms. The summed E-state index contributed by atoms with van der Waals surface area (Å²) in [7, 11) is 0. The van der Waals surface area contributed by atoms with Crippen molar-refractivity contribution >= 4 is 37.5 Å². The largest absolute Gasteiger partial charge is 0.417 e. The summed E-state index contributed by atoms with van der Waals surface area (Å²) in [4.78, 5) is 4.03. The molecular weight excluding hydrogens is 305 g/mol. The first-order valence-electron chi connectivity index (χ1n) is 4.28. The fourth-order valence-electron chi connectivity index (χ4n) is 1.34. The second kappa shape index (κ2) is 3.97. The second-order valence-corrected chi connectivity index (χ2v) is 5.11. The van der Waals surface area contributed by atoms with Crippen molar-refractivity contribution in [3.63, 3.8) is 0 Å². The van der Waals surface area contributed by atoms with Gasteiger partial charge in [0.15, 0.2) is 0 Å². The van der Waals surface area contributed by atoms with Gasteiger partial charge in [-0.3, -0.25) is 0 Å². The van der Waals surface area contributed by atoms with Gasteiger partial charge in [-0.2, -0.15) is 13.2 Å². The maximum atomic E-state index is 12.7. The molecule has 2 N–H and O–H groups in total. The summed E-state index contributed by atoms with van der Waals surface area (Å²) in [6.45, 7) is 0.147. The second-order valence-electron chi connectivity index (χ2n) is 3.11. The van der Waals surface area contributed by atoms with Crippen LogP contribution in [-0.2, 0) is 12.7 Å². The average Bonchev–Trinajstić information content (AvgIpc) is 2.57. The van der Waals surface area contributed by atoms with Gasteiger partial charge < -0.3 is 5.73 Å². The maximum absolute atomic E-state index is 12.7. The molecule has 1 heterocycles. The minimum absolute atomic E-state index is 0.135. The molecule has 0 aliphatic carbocycles. The predicted octanol–water partition coefficient (Wildman–Crippen LogP) is 3.54. The first-order valence-corrected chi connectivity index (χ1v) is 5.89. The zero-order valence-corrected chi connectivity index (χ0v) is 10.2. The Bertz CT molecular complexity index is 535. The fraction of sp³-hybridized carbons (Fsp3) is 0.222. The minimum atomic E-state index is -4.37. The molecule has 0 amide bonds. The summed E-state index contributed by atoms with van der Waals surface area (Å²) in [5.41, 5.74) is 5.02. The third-order valence-electron chi connectivity index (χ3n) is 1.98. The molecule has 0 atom stereocenters. The van der Waals surface area contributed by atoms with E-state index in [-0.39, 0.29) is 11.2 Å². The van der Waals surface area contributed by atoms with Crippen LogP contribution in [0.1, 0.15) is 10.6 Å². The number of nitrogens with zero attached hydrogens (tertiary/aromatic N) is 1. The van der Waals surface area contributed by atoms with E-state index in [0.717, 1.165) is 17.4 Å². The number of halogens is 4. The van der Waals surface area contributed by atoms with E-state index in [9.17, 15) is 13.2 Å². The topological polar surface area (TPSA) is 38.9 Å². The zero-order valence-electron chi connectivity index (χ0n) is 7.81. The van der Waals surface area contributed by atoms with Crippen LogP contribution in [0.3, 0.4) is 0 Å². The van der Waals surface area contributed by atoms with Crippen molar-refractivity contribution in [1.82, 2.24) is 4.98 Å². The van der Waals surface area contributed by atoms with E-state index in [1.165, 1.54) is 0 Å². The summed E-state index contributed by atoms with van der Waals surface area (Å²) >= 11 is 4.02. The Morgan fingerprint density at radius 2 is 2.06 bits per heavy atom. The summed E-state index contributed by atoms with van der Waals surface area (Å²) in [5, 5.41) is 0.499. The van der Waals surface area contributed by atoms with E-state index in [4.69, 9.17) is 5.73 Å². The highest BCUT2D eigenvalue weighted by molar-refractivity contribution is 9.10. The normalized spacial score (nSPS) is 12.3. The van der Waals surface area contributed by atoms with Gasteiger partial charge >= 0.3 is 6.18 Å². The molecule has 16 heavy (non-hydrogen) atoms. The molecule has 86 valence electrons. The third-order valence-corrected chi connectivity index (χ3v) is 3.56. The van der Waals surface area contributed by atoms with Crippen LogP contribution in [0.5, 0.6) is 0 Å². The summed E-state index contributed by atoms with van der Waals surface area (Å²) in [5.74, 6) is 0. The van der Waals surface area contributed by atoms with Gasteiger partial charge in [0.2, 0.25) is 0 Å². The Hall–Kier alpha value is -0.660.